The largest absolute Gasteiger partial charge is 0.491 e. The number of anilines is 2. The summed E-state index contributed by atoms with van der Waals surface area (Å²) in [5.41, 5.74) is 6.93. The number of carbonyl (C=O) groups is 1. The van der Waals surface area contributed by atoms with Gasteiger partial charge in [0.05, 0.1) is 23.6 Å². The summed E-state index contributed by atoms with van der Waals surface area (Å²) in [4.78, 5) is 16.0. The average molecular weight is 306 g/mol. The minimum Gasteiger partial charge on any atom is -0.491 e. The number of aromatic nitrogens is 1. The molecule has 0 spiro atoms. The first-order valence-electron chi connectivity index (χ1n) is 6.45. The Morgan fingerprint density at radius 1 is 1.33 bits per heavy atom. The van der Waals surface area contributed by atoms with Crippen molar-refractivity contribution in [1.82, 2.24) is 4.98 Å². The Kier molecular flexibility index (Phi) is 4.65. The molecule has 1 aromatic carbocycles. The number of nitrogen functional groups attached to an aromatic ring is 1. The van der Waals surface area contributed by atoms with Crippen LogP contribution >= 0.6 is 11.6 Å². The predicted octanol–water partition coefficient (Wildman–Crippen LogP) is 3.36. The van der Waals surface area contributed by atoms with Crippen LogP contribution in [0.5, 0.6) is 5.75 Å². The highest BCUT2D eigenvalue weighted by atomic mass is 35.5. The molecule has 0 saturated heterocycles. The van der Waals surface area contributed by atoms with Crippen molar-refractivity contribution in [3.8, 4) is 5.75 Å². The number of pyridine rings is 1. The molecule has 1 heterocycles. The van der Waals surface area contributed by atoms with Crippen molar-refractivity contribution < 1.29 is 9.53 Å². The number of amides is 1. The van der Waals surface area contributed by atoms with Crippen molar-refractivity contribution in [1.29, 1.82) is 0 Å². The van der Waals surface area contributed by atoms with Gasteiger partial charge in [-0.1, -0.05) is 11.6 Å². The normalized spacial score (nSPS) is 10.5. The number of carbonyl (C=O) groups excluding carboxylic acids is 1. The Bertz CT molecular complexity index is 642. The highest BCUT2D eigenvalue weighted by molar-refractivity contribution is 6.30. The smallest absolute Gasteiger partial charge is 0.257 e. The molecule has 1 amide bonds. The Balaban J connectivity index is 2.10. The topological polar surface area (TPSA) is 77.2 Å². The van der Waals surface area contributed by atoms with Crippen LogP contribution in [0.4, 0.5) is 11.4 Å². The summed E-state index contributed by atoms with van der Waals surface area (Å²) in [6, 6.07) is 8.53. The Hall–Kier alpha value is -2.27. The molecule has 0 radical (unpaired) electrons. The van der Waals surface area contributed by atoms with Gasteiger partial charge in [-0.2, -0.15) is 0 Å². The second-order valence-electron chi connectivity index (χ2n) is 4.74. The van der Waals surface area contributed by atoms with Gasteiger partial charge in [0.1, 0.15) is 10.9 Å². The third kappa shape index (κ3) is 4.10. The molecule has 0 saturated carbocycles. The number of benzene rings is 1. The lowest BCUT2D eigenvalue weighted by atomic mass is 10.2. The molecular formula is C15H16ClN3O2. The van der Waals surface area contributed by atoms with Crippen LogP contribution in [0, 0.1) is 0 Å². The summed E-state index contributed by atoms with van der Waals surface area (Å²) < 4.78 is 5.54. The van der Waals surface area contributed by atoms with Crippen LogP contribution in [0.2, 0.25) is 5.15 Å². The van der Waals surface area contributed by atoms with Gasteiger partial charge in [0.25, 0.3) is 5.91 Å². The molecule has 5 nitrogen and oxygen atoms in total. The maximum atomic E-state index is 12.1. The van der Waals surface area contributed by atoms with Crippen LogP contribution in [-0.4, -0.2) is 17.0 Å². The second-order valence-corrected chi connectivity index (χ2v) is 5.13. The molecule has 2 rings (SSSR count). The zero-order chi connectivity index (χ0) is 15.4. The Labute approximate surface area is 128 Å². The Morgan fingerprint density at radius 2 is 2.00 bits per heavy atom. The van der Waals surface area contributed by atoms with Gasteiger partial charge in [-0.05, 0) is 44.2 Å². The average Bonchev–Trinajstić information content (AvgIpc) is 2.43. The van der Waals surface area contributed by atoms with E-state index in [1.807, 2.05) is 13.8 Å². The molecule has 0 unspecified atom stereocenters. The third-order valence-corrected chi connectivity index (χ3v) is 2.84. The molecule has 3 N–H and O–H groups in total. The van der Waals surface area contributed by atoms with Gasteiger partial charge in [-0.25, -0.2) is 4.98 Å². The fraction of sp³-hybridized carbons (Fsp3) is 0.200. The first kappa shape index (κ1) is 15.1. The number of hydrogen-bond acceptors (Lipinski definition) is 4. The van der Waals surface area contributed by atoms with Gasteiger partial charge in [-0.3, -0.25) is 4.79 Å². The molecule has 21 heavy (non-hydrogen) atoms. The van der Waals surface area contributed by atoms with Gasteiger partial charge in [0, 0.05) is 5.69 Å². The maximum absolute atomic E-state index is 12.1. The predicted molar refractivity (Wildman–Crippen MR) is 83.8 cm³/mol. The van der Waals surface area contributed by atoms with E-state index in [0.29, 0.717) is 5.69 Å². The number of nitrogens with two attached hydrogens (primary N) is 1. The fourth-order valence-corrected chi connectivity index (χ4v) is 1.88. The quantitative estimate of drug-likeness (QED) is 0.849. The third-order valence-electron chi connectivity index (χ3n) is 2.63. The molecule has 2 aromatic rings. The number of nitrogens with one attached hydrogen (secondary N) is 1. The first-order valence-corrected chi connectivity index (χ1v) is 6.82. The van der Waals surface area contributed by atoms with Crippen LogP contribution in [-0.2, 0) is 0 Å². The van der Waals surface area contributed by atoms with E-state index in [1.165, 1.54) is 12.3 Å². The lowest BCUT2D eigenvalue weighted by Crippen LogP contribution is -2.14. The van der Waals surface area contributed by atoms with Gasteiger partial charge >= 0.3 is 0 Å². The molecule has 0 aliphatic carbocycles. The number of ether oxygens (including phenoxy) is 1. The highest BCUT2D eigenvalue weighted by Crippen LogP contribution is 2.20. The minimum atomic E-state index is -0.339. The summed E-state index contributed by atoms with van der Waals surface area (Å²) in [7, 11) is 0. The minimum absolute atomic E-state index is 0.101. The Morgan fingerprint density at radius 3 is 2.62 bits per heavy atom. The van der Waals surface area contributed by atoms with E-state index in [2.05, 4.69) is 10.3 Å². The molecule has 6 heteroatoms. The van der Waals surface area contributed by atoms with Crippen LogP contribution in [0.25, 0.3) is 0 Å². The number of halogens is 1. The van der Waals surface area contributed by atoms with Crippen molar-refractivity contribution in [2.24, 2.45) is 0 Å². The second kappa shape index (κ2) is 6.45. The summed E-state index contributed by atoms with van der Waals surface area (Å²) in [6.45, 7) is 3.90. The number of rotatable bonds is 4. The van der Waals surface area contributed by atoms with Gasteiger partial charge in [-0.15, -0.1) is 0 Å². The van der Waals surface area contributed by atoms with Gasteiger partial charge in [0.15, 0.2) is 0 Å². The van der Waals surface area contributed by atoms with E-state index in [4.69, 9.17) is 22.1 Å². The molecule has 0 aliphatic heterocycles. The zero-order valence-corrected chi connectivity index (χ0v) is 12.5. The van der Waals surface area contributed by atoms with Crippen molar-refractivity contribution in [3.63, 3.8) is 0 Å². The summed E-state index contributed by atoms with van der Waals surface area (Å²) in [5.74, 6) is 0.406. The van der Waals surface area contributed by atoms with E-state index in [1.54, 1.807) is 24.3 Å². The van der Waals surface area contributed by atoms with E-state index < -0.39 is 0 Å². The molecule has 0 atom stereocenters. The standard InChI is InChI=1S/C15H16ClN3O2/c1-9(2)21-11-5-3-10(4-6-11)19-15(20)12-7-14(16)18-8-13(12)17/h3-9H,17H2,1-2H3,(H,19,20). The van der Waals surface area contributed by atoms with Crippen LogP contribution < -0.4 is 15.8 Å². The molecule has 0 bridgehead atoms. The van der Waals surface area contributed by atoms with E-state index in [0.717, 1.165) is 5.75 Å². The molecule has 0 aliphatic rings. The molecule has 1 aromatic heterocycles. The lowest BCUT2D eigenvalue weighted by molar-refractivity contribution is 0.102. The van der Waals surface area contributed by atoms with Crippen LogP contribution in [0.3, 0.4) is 0 Å². The summed E-state index contributed by atoms with van der Waals surface area (Å²) in [5, 5.41) is 2.96. The van der Waals surface area contributed by atoms with Crippen LogP contribution in [0.1, 0.15) is 24.2 Å². The molecule has 110 valence electrons. The van der Waals surface area contributed by atoms with Crippen molar-refractivity contribution in [2.45, 2.75) is 20.0 Å². The monoisotopic (exact) mass is 305 g/mol. The van der Waals surface area contributed by atoms with Crippen LogP contribution in [0.15, 0.2) is 36.5 Å². The van der Waals surface area contributed by atoms with E-state index in [-0.39, 0.29) is 28.4 Å². The summed E-state index contributed by atoms with van der Waals surface area (Å²) in [6.07, 6.45) is 1.46. The zero-order valence-electron chi connectivity index (χ0n) is 11.8. The lowest BCUT2D eigenvalue weighted by Gasteiger charge is -2.11. The van der Waals surface area contributed by atoms with E-state index >= 15 is 0 Å². The molecule has 0 fully saturated rings. The fourth-order valence-electron chi connectivity index (χ4n) is 1.72. The maximum Gasteiger partial charge on any atom is 0.257 e. The van der Waals surface area contributed by atoms with Gasteiger partial charge in [0.2, 0.25) is 0 Å². The highest BCUT2D eigenvalue weighted by Gasteiger charge is 2.11. The number of nitrogens with zero attached hydrogens (tertiary/aromatic N) is 1. The molecular weight excluding hydrogens is 290 g/mol. The number of hydrogen-bond donors (Lipinski definition) is 2. The van der Waals surface area contributed by atoms with Crippen molar-refractivity contribution in [2.75, 3.05) is 11.1 Å². The van der Waals surface area contributed by atoms with Gasteiger partial charge < -0.3 is 15.8 Å². The summed E-state index contributed by atoms with van der Waals surface area (Å²) >= 11 is 5.77. The SMILES string of the molecule is CC(C)Oc1ccc(NC(=O)c2cc(Cl)ncc2N)cc1. The van der Waals surface area contributed by atoms with E-state index in [9.17, 15) is 4.79 Å². The first-order chi connectivity index (χ1) is 9.95. The van der Waals surface area contributed by atoms with Crippen molar-refractivity contribution >= 4 is 28.9 Å². The van der Waals surface area contributed by atoms with Crippen molar-refractivity contribution in [3.05, 3.63) is 47.2 Å².